The lowest BCUT2D eigenvalue weighted by Gasteiger charge is -2.16. The first-order chi connectivity index (χ1) is 11.7. The molecule has 0 amide bonds. The topological polar surface area (TPSA) is 67.1 Å². The van der Waals surface area contributed by atoms with Crippen molar-refractivity contribution in [2.45, 2.75) is 26.1 Å². The van der Waals surface area contributed by atoms with Crippen LogP contribution in [-0.2, 0) is 26.1 Å². The average molecular weight is 343 g/mol. The first-order valence-electron chi connectivity index (χ1n) is 7.88. The fourth-order valence-corrected chi connectivity index (χ4v) is 3.26. The summed E-state index contributed by atoms with van der Waals surface area (Å²) in [4.78, 5) is 12.1. The molecule has 3 aromatic rings. The van der Waals surface area contributed by atoms with Gasteiger partial charge < -0.3 is 5.11 Å². The van der Waals surface area contributed by atoms with E-state index in [9.17, 15) is 5.11 Å². The Balaban J connectivity index is 1.69. The van der Waals surface area contributed by atoms with Crippen molar-refractivity contribution in [2.75, 3.05) is 13.7 Å². The average Bonchev–Trinajstić information content (AvgIpc) is 3.20. The minimum absolute atomic E-state index is 0.0584. The third kappa shape index (κ3) is 4.47. The van der Waals surface area contributed by atoms with Crippen molar-refractivity contribution in [3.8, 4) is 0 Å². The molecule has 126 valence electrons. The molecule has 0 aliphatic rings. The minimum atomic E-state index is 0.0584. The molecule has 0 spiro atoms. The summed E-state index contributed by atoms with van der Waals surface area (Å²) in [5.74, 6) is 1.69. The lowest BCUT2D eigenvalue weighted by Crippen LogP contribution is -2.21. The molecule has 0 unspecified atom stereocenters. The summed E-state index contributed by atoms with van der Waals surface area (Å²) in [7, 11) is 2.05. The zero-order valence-corrected chi connectivity index (χ0v) is 14.5. The second kappa shape index (κ2) is 8.14. The Labute approximate surface area is 145 Å². The molecule has 3 aromatic heterocycles. The summed E-state index contributed by atoms with van der Waals surface area (Å²) in [6.07, 6.45) is 4.34. The molecule has 6 nitrogen and oxygen atoms in total. The molecule has 3 rings (SSSR count). The predicted octanol–water partition coefficient (Wildman–Crippen LogP) is 1.95. The summed E-state index contributed by atoms with van der Waals surface area (Å²) in [5.41, 5.74) is 1.21. The van der Waals surface area contributed by atoms with Crippen LogP contribution in [0.25, 0.3) is 0 Å². The quantitative estimate of drug-likeness (QED) is 0.677. The zero-order valence-electron chi connectivity index (χ0n) is 13.7. The molecule has 3 heterocycles. The van der Waals surface area contributed by atoms with Gasteiger partial charge in [-0.05, 0) is 36.2 Å². The molecule has 0 bridgehead atoms. The van der Waals surface area contributed by atoms with E-state index in [2.05, 4.69) is 38.5 Å². The number of aromatic nitrogens is 4. The third-order valence-corrected chi connectivity index (χ3v) is 4.51. The van der Waals surface area contributed by atoms with E-state index in [-0.39, 0.29) is 6.61 Å². The van der Waals surface area contributed by atoms with Crippen molar-refractivity contribution < 1.29 is 5.11 Å². The maximum atomic E-state index is 9.27. The maximum absolute atomic E-state index is 9.27. The molecule has 1 N–H and O–H groups in total. The number of aliphatic hydroxyl groups is 1. The highest BCUT2D eigenvalue weighted by Gasteiger charge is 2.13. The van der Waals surface area contributed by atoms with Gasteiger partial charge in [-0.15, -0.1) is 11.3 Å². The van der Waals surface area contributed by atoms with E-state index in [0.717, 1.165) is 24.6 Å². The van der Waals surface area contributed by atoms with Crippen LogP contribution in [0.15, 0.2) is 42.0 Å². The van der Waals surface area contributed by atoms with Crippen molar-refractivity contribution in [1.29, 1.82) is 0 Å². The molecule has 0 fully saturated rings. The first-order valence-corrected chi connectivity index (χ1v) is 8.76. The van der Waals surface area contributed by atoms with E-state index in [1.807, 2.05) is 22.9 Å². The Morgan fingerprint density at radius 1 is 1.21 bits per heavy atom. The molecule has 24 heavy (non-hydrogen) atoms. The van der Waals surface area contributed by atoms with Gasteiger partial charge in [-0.25, -0.2) is 9.67 Å². The molecule has 0 atom stereocenters. The van der Waals surface area contributed by atoms with Crippen LogP contribution >= 0.6 is 11.3 Å². The molecule has 7 heteroatoms. The van der Waals surface area contributed by atoms with Crippen LogP contribution in [0.2, 0.25) is 0 Å². The highest BCUT2D eigenvalue weighted by atomic mass is 32.1. The highest BCUT2D eigenvalue weighted by Crippen LogP contribution is 2.14. The molecular formula is C17H21N5OS. The van der Waals surface area contributed by atoms with Gasteiger partial charge in [0, 0.05) is 30.2 Å². The second-order valence-corrected chi connectivity index (χ2v) is 6.71. The van der Waals surface area contributed by atoms with Crippen LogP contribution in [0.3, 0.4) is 0 Å². The van der Waals surface area contributed by atoms with E-state index in [1.54, 1.807) is 23.7 Å². The lowest BCUT2D eigenvalue weighted by atomic mass is 10.2. The van der Waals surface area contributed by atoms with Crippen LogP contribution in [0, 0.1) is 0 Å². The van der Waals surface area contributed by atoms with Crippen LogP contribution in [0.1, 0.15) is 22.1 Å². The number of hydrogen-bond acceptors (Lipinski definition) is 6. The lowest BCUT2D eigenvalue weighted by molar-refractivity contribution is 0.256. The largest absolute Gasteiger partial charge is 0.394 e. The highest BCUT2D eigenvalue weighted by molar-refractivity contribution is 7.09. The predicted molar refractivity (Wildman–Crippen MR) is 93.6 cm³/mol. The van der Waals surface area contributed by atoms with Crippen molar-refractivity contribution in [3.63, 3.8) is 0 Å². The molecule has 0 saturated heterocycles. The van der Waals surface area contributed by atoms with Crippen LogP contribution < -0.4 is 0 Å². The Bertz CT molecular complexity index is 742. The van der Waals surface area contributed by atoms with Gasteiger partial charge >= 0.3 is 0 Å². The summed E-state index contributed by atoms with van der Waals surface area (Å²) in [6.45, 7) is 2.02. The van der Waals surface area contributed by atoms with Gasteiger partial charge in [-0.2, -0.15) is 5.10 Å². The van der Waals surface area contributed by atoms with Crippen LogP contribution in [0.5, 0.6) is 0 Å². The van der Waals surface area contributed by atoms with Gasteiger partial charge in [-0.3, -0.25) is 9.88 Å². The Hall–Kier alpha value is -2.09. The summed E-state index contributed by atoms with van der Waals surface area (Å²) >= 11 is 1.71. The molecule has 0 aromatic carbocycles. The van der Waals surface area contributed by atoms with E-state index < -0.39 is 0 Å². The van der Waals surface area contributed by atoms with E-state index in [1.165, 1.54) is 10.4 Å². The normalized spacial score (nSPS) is 11.3. The number of nitrogens with zero attached hydrogens (tertiary/aromatic N) is 5. The van der Waals surface area contributed by atoms with Gasteiger partial charge in [-0.1, -0.05) is 6.07 Å². The monoisotopic (exact) mass is 343 g/mol. The zero-order chi connectivity index (χ0) is 16.8. The maximum Gasteiger partial charge on any atom is 0.156 e. The van der Waals surface area contributed by atoms with Gasteiger partial charge in [0.05, 0.1) is 19.7 Å². The van der Waals surface area contributed by atoms with Gasteiger partial charge in [0.2, 0.25) is 0 Å². The third-order valence-electron chi connectivity index (χ3n) is 3.63. The molecule has 0 aliphatic carbocycles. The fraction of sp³-hybridized carbons (Fsp3) is 0.353. The SMILES string of the molecule is CN(Cc1ccncc1)Cc1nc(Cc2cccs2)nn1CCO. The molecule has 0 saturated carbocycles. The minimum Gasteiger partial charge on any atom is -0.394 e. The fourth-order valence-electron chi connectivity index (χ4n) is 2.56. The van der Waals surface area contributed by atoms with Gasteiger partial charge in [0.25, 0.3) is 0 Å². The molecule has 0 radical (unpaired) electrons. The van der Waals surface area contributed by atoms with E-state index in [0.29, 0.717) is 13.1 Å². The summed E-state index contributed by atoms with van der Waals surface area (Å²) < 4.78 is 1.81. The van der Waals surface area contributed by atoms with Gasteiger partial charge in [0.1, 0.15) is 5.82 Å². The molecule has 0 aliphatic heterocycles. The standard InChI is InChI=1S/C17H21N5OS/c1-21(12-14-4-6-18-7-5-14)13-17-19-16(20-22(17)8-9-23)11-15-3-2-10-24-15/h2-7,10,23H,8-9,11-13H2,1H3. The molecular weight excluding hydrogens is 322 g/mol. The van der Waals surface area contributed by atoms with E-state index in [4.69, 9.17) is 0 Å². The number of rotatable bonds is 8. The van der Waals surface area contributed by atoms with Crippen molar-refractivity contribution >= 4 is 11.3 Å². The Kier molecular flexibility index (Phi) is 5.68. The summed E-state index contributed by atoms with van der Waals surface area (Å²) in [5, 5.41) is 15.9. The first kappa shape index (κ1) is 16.8. The van der Waals surface area contributed by atoms with Crippen LogP contribution in [0.4, 0.5) is 0 Å². The number of pyridine rings is 1. The number of aliphatic hydroxyl groups excluding tert-OH is 1. The smallest absolute Gasteiger partial charge is 0.156 e. The Morgan fingerprint density at radius 3 is 2.75 bits per heavy atom. The number of thiophene rings is 1. The van der Waals surface area contributed by atoms with E-state index >= 15 is 0 Å². The Morgan fingerprint density at radius 2 is 2.04 bits per heavy atom. The second-order valence-electron chi connectivity index (χ2n) is 5.67. The van der Waals surface area contributed by atoms with Gasteiger partial charge in [0.15, 0.2) is 5.82 Å². The number of hydrogen-bond donors (Lipinski definition) is 1. The van der Waals surface area contributed by atoms with Crippen LogP contribution in [-0.4, -0.2) is 43.4 Å². The van der Waals surface area contributed by atoms with Crippen molar-refractivity contribution in [3.05, 3.63) is 64.1 Å². The van der Waals surface area contributed by atoms with Crippen molar-refractivity contribution in [2.24, 2.45) is 0 Å². The van der Waals surface area contributed by atoms with Crippen molar-refractivity contribution in [1.82, 2.24) is 24.6 Å². The summed E-state index contributed by atoms with van der Waals surface area (Å²) in [6, 6.07) is 8.15.